The first kappa shape index (κ1) is 26.5. The van der Waals surface area contributed by atoms with Gasteiger partial charge in [-0.3, -0.25) is 14.5 Å². The molecular weight excluding hydrogens is 522 g/mol. The molecule has 210 valence electrons. The van der Waals surface area contributed by atoms with Crippen molar-refractivity contribution in [2.24, 2.45) is 7.05 Å². The van der Waals surface area contributed by atoms with Crippen LogP contribution in [0.15, 0.2) is 72.8 Å². The van der Waals surface area contributed by atoms with E-state index in [1.54, 1.807) is 36.1 Å². The van der Waals surface area contributed by atoms with Gasteiger partial charge in [-0.05, 0) is 61.4 Å². The predicted octanol–water partition coefficient (Wildman–Crippen LogP) is 3.40. The molecule has 1 saturated heterocycles. The molecule has 1 N–H and O–H groups in total. The summed E-state index contributed by atoms with van der Waals surface area (Å²) >= 11 is 0. The van der Waals surface area contributed by atoms with Gasteiger partial charge in [0.05, 0.1) is 29.8 Å². The SMILES string of the molecule is COc1ccc(N(C(=O)Cn2nnc3ccccc32)[C@H](C(=O)NC[C@H]2CCCO2)c2nc3ccccc3n2C)cc1. The minimum atomic E-state index is -1.08. The van der Waals surface area contributed by atoms with Crippen LogP contribution in [0.4, 0.5) is 5.69 Å². The second-order valence-corrected chi connectivity index (χ2v) is 10.00. The summed E-state index contributed by atoms with van der Waals surface area (Å²) < 4.78 is 14.5. The Hall–Kier alpha value is -4.77. The number of ether oxygens (including phenoxy) is 2. The van der Waals surface area contributed by atoms with Gasteiger partial charge in [0.15, 0.2) is 6.04 Å². The quantitative estimate of drug-likeness (QED) is 0.297. The molecule has 41 heavy (non-hydrogen) atoms. The van der Waals surface area contributed by atoms with Gasteiger partial charge < -0.3 is 19.4 Å². The molecule has 2 atom stereocenters. The molecule has 0 bridgehead atoms. The molecule has 3 heterocycles. The molecule has 3 aromatic carbocycles. The van der Waals surface area contributed by atoms with Gasteiger partial charge >= 0.3 is 0 Å². The van der Waals surface area contributed by atoms with Crippen molar-refractivity contribution in [2.75, 3.05) is 25.2 Å². The monoisotopic (exact) mass is 553 g/mol. The van der Waals surface area contributed by atoms with E-state index >= 15 is 0 Å². The summed E-state index contributed by atoms with van der Waals surface area (Å²) in [5.74, 6) is 0.357. The van der Waals surface area contributed by atoms with Crippen molar-refractivity contribution in [1.29, 1.82) is 0 Å². The normalized spacial score (nSPS) is 15.7. The zero-order valence-electron chi connectivity index (χ0n) is 22.9. The van der Waals surface area contributed by atoms with Crippen molar-refractivity contribution in [3.05, 3.63) is 78.6 Å². The number of hydrogen-bond donors (Lipinski definition) is 1. The topological polar surface area (TPSA) is 116 Å². The lowest BCUT2D eigenvalue weighted by Gasteiger charge is -2.31. The summed E-state index contributed by atoms with van der Waals surface area (Å²) in [4.78, 5) is 34.7. The molecule has 1 aliphatic rings. The van der Waals surface area contributed by atoms with Crippen LogP contribution < -0.4 is 15.0 Å². The Morgan fingerprint density at radius 1 is 1.05 bits per heavy atom. The lowest BCUT2D eigenvalue weighted by molar-refractivity contribution is -0.127. The van der Waals surface area contributed by atoms with Crippen LogP contribution in [0.2, 0.25) is 0 Å². The summed E-state index contributed by atoms with van der Waals surface area (Å²) in [7, 11) is 3.43. The number of rotatable bonds is 9. The molecule has 5 aromatic rings. The van der Waals surface area contributed by atoms with Crippen LogP contribution in [0.25, 0.3) is 22.1 Å². The highest BCUT2D eigenvalue weighted by Gasteiger charge is 2.37. The molecule has 6 rings (SSSR count). The fraction of sp³-hybridized carbons (Fsp3) is 0.300. The minimum Gasteiger partial charge on any atom is -0.497 e. The fourth-order valence-corrected chi connectivity index (χ4v) is 5.29. The Morgan fingerprint density at radius 3 is 2.49 bits per heavy atom. The van der Waals surface area contributed by atoms with Gasteiger partial charge in [0.25, 0.3) is 5.91 Å². The van der Waals surface area contributed by atoms with Gasteiger partial charge in [0.1, 0.15) is 23.6 Å². The Balaban J connectivity index is 1.44. The maximum atomic E-state index is 14.3. The summed E-state index contributed by atoms with van der Waals surface area (Å²) in [6.45, 7) is 0.890. The molecule has 0 spiro atoms. The molecular formula is C30H31N7O4. The third-order valence-corrected chi connectivity index (χ3v) is 7.43. The molecule has 0 radical (unpaired) electrons. The molecule has 0 unspecified atom stereocenters. The smallest absolute Gasteiger partial charge is 0.251 e. The number of nitrogens with zero attached hydrogens (tertiary/aromatic N) is 6. The van der Waals surface area contributed by atoms with Crippen LogP contribution in [0.3, 0.4) is 0 Å². The van der Waals surface area contributed by atoms with Crippen LogP contribution in [0.1, 0.15) is 24.7 Å². The molecule has 11 heteroatoms. The predicted molar refractivity (Wildman–Crippen MR) is 153 cm³/mol. The average molecular weight is 554 g/mol. The molecule has 11 nitrogen and oxygen atoms in total. The van der Waals surface area contributed by atoms with E-state index < -0.39 is 6.04 Å². The fourth-order valence-electron chi connectivity index (χ4n) is 5.29. The van der Waals surface area contributed by atoms with Gasteiger partial charge in [-0.1, -0.05) is 29.5 Å². The van der Waals surface area contributed by atoms with E-state index in [0.717, 1.165) is 29.4 Å². The number of methoxy groups -OCH3 is 1. The minimum absolute atomic E-state index is 0.0632. The number of fused-ring (bicyclic) bond motifs is 2. The number of aromatic nitrogens is 5. The standard InChI is InChI=1S/C30H31N7O4/c1-35-25-11-5-3-9-23(25)32-29(35)28(30(39)31-18-22-8-7-17-41-22)37(20-13-15-21(40-2)16-14-20)27(38)19-36-26-12-6-4-10-24(26)33-34-36/h3-6,9-16,22,28H,7-8,17-19H2,1-2H3,(H,31,39)/t22-,28+/m1/s1. The number of imidazole rings is 1. The summed E-state index contributed by atoms with van der Waals surface area (Å²) in [5, 5.41) is 11.5. The Labute approximate surface area is 236 Å². The Morgan fingerprint density at radius 2 is 1.78 bits per heavy atom. The highest BCUT2D eigenvalue weighted by atomic mass is 16.5. The van der Waals surface area contributed by atoms with Crippen molar-refractivity contribution in [3.63, 3.8) is 0 Å². The van der Waals surface area contributed by atoms with E-state index in [0.29, 0.717) is 35.9 Å². The molecule has 2 aromatic heterocycles. The van der Waals surface area contributed by atoms with E-state index in [-0.39, 0.29) is 24.5 Å². The number of aryl methyl sites for hydroxylation is 1. The van der Waals surface area contributed by atoms with Gasteiger partial charge in [0.2, 0.25) is 5.91 Å². The van der Waals surface area contributed by atoms with Gasteiger partial charge in [-0.15, -0.1) is 5.10 Å². The number of amides is 2. The first-order valence-electron chi connectivity index (χ1n) is 13.6. The third-order valence-electron chi connectivity index (χ3n) is 7.43. The molecule has 0 saturated carbocycles. The number of carbonyl (C=O) groups is 2. The summed E-state index contributed by atoms with van der Waals surface area (Å²) in [6, 6.07) is 21.0. The number of benzene rings is 3. The van der Waals surface area contributed by atoms with Gasteiger partial charge in [0, 0.05) is 25.9 Å². The third kappa shape index (κ3) is 5.23. The lowest BCUT2D eigenvalue weighted by Crippen LogP contribution is -2.47. The lowest BCUT2D eigenvalue weighted by atomic mass is 10.1. The zero-order valence-corrected chi connectivity index (χ0v) is 22.9. The van der Waals surface area contributed by atoms with Crippen molar-refractivity contribution < 1.29 is 19.1 Å². The van der Waals surface area contributed by atoms with Crippen molar-refractivity contribution in [1.82, 2.24) is 29.9 Å². The van der Waals surface area contributed by atoms with Crippen molar-refractivity contribution in [2.45, 2.75) is 31.5 Å². The molecule has 1 aliphatic heterocycles. The number of nitrogens with one attached hydrogen (secondary N) is 1. The first-order chi connectivity index (χ1) is 20.0. The number of hydrogen-bond acceptors (Lipinski definition) is 7. The second kappa shape index (κ2) is 11.4. The van der Waals surface area contributed by atoms with Gasteiger partial charge in [-0.2, -0.15) is 0 Å². The Kier molecular flexibility index (Phi) is 7.34. The first-order valence-corrected chi connectivity index (χ1v) is 13.6. The largest absolute Gasteiger partial charge is 0.497 e. The van der Waals surface area contributed by atoms with Crippen LogP contribution in [0, 0.1) is 0 Å². The van der Waals surface area contributed by atoms with E-state index in [2.05, 4.69) is 15.6 Å². The van der Waals surface area contributed by atoms with Crippen LogP contribution in [0.5, 0.6) is 5.75 Å². The van der Waals surface area contributed by atoms with E-state index in [9.17, 15) is 9.59 Å². The van der Waals surface area contributed by atoms with E-state index in [1.165, 1.54) is 4.90 Å². The van der Waals surface area contributed by atoms with E-state index in [1.807, 2.05) is 60.1 Å². The van der Waals surface area contributed by atoms with Crippen LogP contribution in [-0.4, -0.2) is 62.7 Å². The Bertz CT molecular complexity index is 1690. The van der Waals surface area contributed by atoms with Crippen molar-refractivity contribution >= 4 is 39.6 Å². The molecule has 1 fully saturated rings. The molecule has 2 amide bonds. The number of para-hydroxylation sites is 3. The zero-order chi connectivity index (χ0) is 28.3. The van der Waals surface area contributed by atoms with Crippen LogP contribution in [-0.2, 0) is 27.9 Å². The summed E-state index contributed by atoms with van der Waals surface area (Å²) in [6.07, 6.45) is 1.76. The number of carbonyl (C=O) groups excluding carboxylic acids is 2. The van der Waals surface area contributed by atoms with E-state index in [4.69, 9.17) is 14.5 Å². The van der Waals surface area contributed by atoms with Crippen molar-refractivity contribution in [3.8, 4) is 5.75 Å². The summed E-state index contributed by atoms with van der Waals surface area (Å²) in [5.41, 5.74) is 3.50. The average Bonchev–Trinajstić information content (AvgIpc) is 3.75. The van der Waals surface area contributed by atoms with Crippen LogP contribution >= 0.6 is 0 Å². The second-order valence-electron chi connectivity index (χ2n) is 10.00. The molecule has 0 aliphatic carbocycles. The highest BCUT2D eigenvalue weighted by molar-refractivity contribution is 6.01. The number of anilines is 1. The maximum absolute atomic E-state index is 14.3. The van der Waals surface area contributed by atoms with Gasteiger partial charge in [-0.25, -0.2) is 9.67 Å². The highest BCUT2D eigenvalue weighted by Crippen LogP contribution is 2.31. The maximum Gasteiger partial charge on any atom is 0.251 e.